The molecular weight excluding hydrogens is 390 g/mol. The molecule has 3 rings (SSSR count). The summed E-state index contributed by atoms with van der Waals surface area (Å²) >= 11 is 1.29. The zero-order chi connectivity index (χ0) is 20.6. The number of carbonyl (C=O) groups is 3. The van der Waals surface area contributed by atoms with E-state index >= 15 is 0 Å². The highest BCUT2D eigenvalue weighted by molar-refractivity contribution is 7.13. The van der Waals surface area contributed by atoms with E-state index in [4.69, 9.17) is 0 Å². The van der Waals surface area contributed by atoms with Crippen molar-refractivity contribution in [2.75, 3.05) is 16.0 Å². The van der Waals surface area contributed by atoms with E-state index in [0.29, 0.717) is 22.2 Å². The zero-order valence-corrected chi connectivity index (χ0v) is 17.1. The van der Waals surface area contributed by atoms with Gasteiger partial charge in [-0.05, 0) is 31.0 Å². The number of amides is 4. The first-order valence-corrected chi connectivity index (χ1v) is 10.6. The summed E-state index contributed by atoms with van der Waals surface area (Å²) in [6, 6.07) is 6.89. The van der Waals surface area contributed by atoms with Crippen LogP contribution in [0.4, 0.5) is 21.3 Å². The van der Waals surface area contributed by atoms with Crippen molar-refractivity contribution in [2.45, 2.75) is 51.5 Å². The van der Waals surface area contributed by atoms with Gasteiger partial charge in [0, 0.05) is 29.7 Å². The Morgan fingerprint density at radius 2 is 1.79 bits per heavy atom. The van der Waals surface area contributed by atoms with E-state index in [-0.39, 0.29) is 30.3 Å². The average Bonchev–Trinajstić information content (AvgIpc) is 3.08. The number of aromatic nitrogens is 1. The Kier molecular flexibility index (Phi) is 7.18. The topological polar surface area (TPSA) is 112 Å². The monoisotopic (exact) mass is 415 g/mol. The molecule has 1 saturated carbocycles. The maximum Gasteiger partial charge on any atom is 0.321 e. The number of hydrogen-bond donors (Lipinski definition) is 4. The van der Waals surface area contributed by atoms with Crippen molar-refractivity contribution < 1.29 is 14.4 Å². The molecule has 4 amide bonds. The summed E-state index contributed by atoms with van der Waals surface area (Å²) in [7, 11) is 0. The molecule has 0 aliphatic heterocycles. The Bertz CT molecular complexity index is 877. The number of anilines is 3. The molecule has 0 atom stereocenters. The second-order valence-corrected chi connectivity index (χ2v) is 7.92. The van der Waals surface area contributed by atoms with Gasteiger partial charge in [0.25, 0.3) is 0 Å². The third-order valence-corrected chi connectivity index (χ3v) is 5.33. The SMILES string of the molecule is CC(=O)Nc1cccc(NC(=O)Cc2csc(NC(=O)NC3CCCCC3)n2)c1. The fourth-order valence-corrected chi connectivity index (χ4v) is 3.96. The van der Waals surface area contributed by atoms with Gasteiger partial charge in [0.1, 0.15) is 0 Å². The van der Waals surface area contributed by atoms with Gasteiger partial charge < -0.3 is 16.0 Å². The second kappa shape index (κ2) is 10.0. The highest BCUT2D eigenvalue weighted by Gasteiger charge is 2.16. The first-order valence-electron chi connectivity index (χ1n) is 9.67. The molecule has 1 fully saturated rings. The normalized spacial score (nSPS) is 14.1. The van der Waals surface area contributed by atoms with Gasteiger partial charge in [-0.15, -0.1) is 11.3 Å². The number of urea groups is 1. The van der Waals surface area contributed by atoms with Crippen molar-refractivity contribution in [1.82, 2.24) is 10.3 Å². The molecule has 1 aliphatic rings. The number of rotatable bonds is 6. The van der Waals surface area contributed by atoms with Crippen LogP contribution >= 0.6 is 11.3 Å². The molecule has 1 aromatic heterocycles. The van der Waals surface area contributed by atoms with Crippen LogP contribution in [-0.2, 0) is 16.0 Å². The summed E-state index contributed by atoms with van der Waals surface area (Å²) in [6.07, 6.45) is 5.64. The molecule has 154 valence electrons. The van der Waals surface area contributed by atoms with Crippen molar-refractivity contribution in [1.29, 1.82) is 0 Å². The molecule has 0 saturated heterocycles. The summed E-state index contributed by atoms with van der Waals surface area (Å²) in [4.78, 5) is 39.8. The first kappa shape index (κ1) is 20.8. The van der Waals surface area contributed by atoms with E-state index in [1.807, 2.05) is 0 Å². The van der Waals surface area contributed by atoms with Crippen LogP contribution < -0.4 is 21.3 Å². The van der Waals surface area contributed by atoms with E-state index in [2.05, 4.69) is 26.3 Å². The average molecular weight is 416 g/mol. The van der Waals surface area contributed by atoms with Crippen LogP contribution in [0, 0.1) is 0 Å². The lowest BCUT2D eigenvalue weighted by atomic mass is 9.96. The van der Waals surface area contributed by atoms with Crippen LogP contribution in [0.3, 0.4) is 0 Å². The van der Waals surface area contributed by atoms with E-state index in [9.17, 15) is 14.4 Å². The standard InChI is InChI=1S/C20H25N5O3S/c1-13(26)21-15-8-5-9-16(10-15)22-18(27)11-17-12-29-20(24-17)25-19(28)23-14-6-3-2-4-7-14/h5,8-10,12,14H,2-4,6-7,11H2,1H3,(H,21,26)(H,22,27)(H2,23,24,25,28). The van der Waals surface area contributed by atoms with Gasteiger partial charge in [-0.3, -0.25) is 14.9 Å². The van der Waals surface area contributed by atoms with E-state index in [0.717, 1.165) is 25.7 Å². The molecule has 0 spiro atoms. The molecule has 1 heterocycles. The fourth-order valence-electron chi connectivity index (χ4n) is 3.26. The van der Waals surface area contributed by atoms with Crippen molar-refractivity contribution in [2.24, 2.45) is 0 Å². The fraction of sp³-hybridized carbons (Fsp3) is 0.400. The third kappa shape index (κ3) is 6.86. The number of benzene rings is 1. The number of nitrogens with one attached hydrogen (secondary N) is 4. The molecule has 8 nitrogen and oxygen atoms in total. The number of hydrogen-bond acceptors (Lipinski definition) is 5. The van der Waals surface area contributed by atoms with Crippen LogP contribution in [0.15, 0.2) is 29.6 Å². The van der Waals surface area contributed by atoms with E-state index in [1.165, 1.54) is 24.7 Å². The van der Waals surface area contributed by atoms with Gasteiger partial charge in [0.2, 0.25) is 11.8 Å². The lowest BCUT2D eigenvalue weighted by molar-refractivity contribution is -0.116. The van der Waals surface area contributed by atoms with Crippen LogP contribution in [0.25, 0.3) is 0 Å². The quantitative estimate of drug-likeness (QED) is 0.576. The molecular formula is C20H25N5O3S. The van der Waals surface area contributed by atoms with Gasteiger partial charge in [-0.2, -0.15) is 0 Å². The van der Waals surface area contributed by atoms with Gasteiger partial charge in [0.05, 0.1) is 12.1 Å². The molecule has 1 aromatic carbocycles. The van der Waals surface area contributed by atoms with Crippen LogP contribution in [0.5, 0.6) is 0 Å². The summed E-state index contributed by atoms with van der Waals surface area (Å²) in [5.74, 6) is -0.406. The van der Waals surface area contributed by atoms with Crippen molar-refractivity contribution in [3.05, 3.63) is 35.3 Å². The minimum absolute atomic E-state index is 0.0901. The molecule has 0 radical (unpaired) electrons. The maximum atomic E-state index is 12.3. The lowest BCUT2D eigenvalue weighted by Crippen LogP contribution is -2.39. The molecule has 1 aliphatic carbocycles. The van der Waals surface area contributed by atoms with Crippen molar-refractivity contribution in [3.8, 4) is 0 Å². The molecule has 2 aromatic rings. The van der Waals surface area contributed by atoms with Gasteiger partial charge in [-0.1, -0.05) is 25.3 Å². The predicted octanol–water partition coefficient (Wildman–Crippen LogP) is 3.74. The van der Waals surface area contributed by atoms with Crippen molar-refractivity contribution in [3.63, 3.8) is 0 Å². The molecule has 4 N–H and O–H groups in total. The summed E-state index contributed by atoms with van der Waals surface area (Å²) in [6.45, 7) is 1.43. The summed E-state index contributed by atoms with van der Waals surface area (Å²) in [5, 5.41) is 13.4. The summed E-state index contributed by atoms with van der Waals surface area (Å²) in [5.41, 5.74) is 1.78. The van der Waals surface area contributed by atoms with E-state index in [1.54, 1.807) is 29.6 Å². The molecule has 29 heavy (non-hydrogen) atoms. The van der Waals surface area contributed by atoms with Crippen LogP contribution in [0.1, 0.15) is 44.7 Å². The van der Waals surface area contributed by atoms with Gasteiger partial charge in [-0.25, -0.2) is 9.78 Å². The van der Waals surface area contributed by atoms with Crippen LogP contribution in [-0.4, -0.2) is 28.9 Å². The second-order valence-electron chi connectivity index (χ2n) is 7.06. The Morgan fingerprint density at radius 1 is 1.07 bits per heavy atom. The maximum absolute atomic E-state index is 12.3. The lowest BCUT2D eigenvalue weighted by Gasteiger charge is -2.22. The Labute approximate surface area is 173 Å². The van der Waals surface area contributed by atoms with Crippen LogP contribution in [0.2, 0.25) is 0 Å². The largest absolute Gasteiger partial charge is 0.335 e. The molecule has 0 bridgehead atoms. The highest BCUT2D eigenvalue weighted by Crippen LogP contribution is 2.20. The minimum Gasteiger partial charge on any atom is -0.335 e. The molecule has 9 heteroatoms. The first-order chi connectivity index (χ1) is 14.0. The Morgan fingerprint density at radius 3 is 2.52 bits per heavy atom. The van der Waals surface area contributed by atoms with Gasteiger partial charge >= 0.3 is 6.03 Å². The third-order valence-electron chi connectivity index (χ3n) is 4.52. The smallest absolute Gasteiger partial charge is 0.321 e. The number of nitrogens with zero attached hydrogens (tertiary/aromatic N) is 1. The Balaban J connectivity index is 1.48. The highest BCUT2D eigenvalue weighted by atomic mass is 32.1. The predicted molar refractivity (Wildman–Crippen MR) is 114 cm³/mol. The zero-order valence-electron chi connectivity index (χ0n) is 16.3. The van der Waals surface area contributed by atoms with Gasteiger partial charge in [0.15, 0.2) is 5.13 Å². The minimum atomic E-state index is -0.253. The summed E-state index contributed by atoms with van der Waals surface area (Å²) < 4.78 is 0. The number of carbonyl (C=O) groups excluding carboxylic acids is 3. The van der Waals surface area contributed by atoms with Crippen molar-refractivity contribution >= 4 is 45.7 Å². The number of thiazole rings is 1. The molecule has 0 unspecified atom stereocenters. The Hall–Kier alpha value is -2.94. The van der Waals surface area contributed by atoms with E-state index < -0.39 is 0 Å².